The summed E-state index contributed by atoms with van der Waals surface area (Å²) >= 11 is 0. The Hall–Kier alpha value is -2.30. The molecule has 0 saturated heterocycles. The van der Waals surface area contributed by atoms with Crippen molar-refractivity contribution in [2.45, 2.75) is 6.92 Å². The second-order valence-electron chi connectivity index (χ2n) is 3.91. The minimum Gasteiger partial charge on any atom is -0.483 e. The molecule has 0 amide bonds. The zero-order chi connectivity index (χ0) is 12.5. The highest BCUT2D eigenvalue weighted by atomic mass is 16.5. The number of furan rings is 1. The highest BCUT2D eigenvalue weighted by Gasteiger charge is 2.15. The minimum absolute atomic E-state index is 0.588. The molecule has 0 spiro atoms. The van der Waals surface area contributed by atoms with Crippen molar-refractivity contribution in [2.75, 3.05) is 6.61 Å². The molecule has 0 bridgehead atoms. The van der Waals surface area contributed by atoms with Gasteiger partial charge < -0.3 is 9.15 Å². The van der Waals surface area contributed by atoms with Crippen molar-refractivity contribution in [2.24, 2.45) is 12.0 Å². The van der Waals surface area contributed by atoms with Crippen LogP contribution in [0.5, 0.6) is 0 Å². The maximum atomic E-state index is 5.78. The lowest BCUT2D eigenvalue weighted by Crippen LogP contribution is -1.90. The standard InChI is InChI=1S/C13H13N3O2/c1-3-17-8-14-13-12-11(15-16(13)2)9-6-4-5-7-10(9)18-12/h4-8H,3H2,1-2H3/b14-8-. The zero-order valence-corrected chi connectivity index (χ0v) is 10.3. The average molecular weight is 243 g/mol. The van der Waals surface area contributed by atoms with E-state index in [1.165, 1.54) is 6.40 Å². The molecule has 2 heterocycles. The van der Waals surface area contributed by atoms with Crippen molar-refractivity contribution in [3.05, 3.63) is 24.3 Å². The molecule has 0 aliphatic rings. The number of benzene rings is 1. The largest absolute Gasteiger partial charge is 0.483 e. The van der Waals surface area contributed by atoms with Gasteiger partial charge in [-0.15, -0.1) is 0 Å². The summed E-state index contributed by atoms with van der Waals surface area (Å²) in [5.74, 6) is 0.662. The van der Waals surface area contributed by atoms with Gasteiger partial charge in [0.25, 0.3) is 0 Å². The fourth-order valence-electron chi connectivity index (χ4n) is 1.93. The number of nitrogens with zero attached hydrogens (tertiary/aromatic N) is 3. The number of para-hydroxylation sites is 1. The molecular weight excluding hydrogens is 230 g/mol. The molecule has 1 aromatic carbocycles. The molecule has 0 N–H and O–H groups in total. The third kappa shape index (κ3) is 1.55. The normalized spacial score (nSPS) is 11.9. The summed E-state index contributed by atoms with van der Waals surface area (Å²) in [6.45, 7) is 2.50. The van der Waals surface area contributed by atoms with Crippen LogP contribution in [0.1, 0.15) is 6.92 Å². The van der Waals surface area contributed by atoms with Gasteiger partial charge in [0.15, 0.2) is 17.8 Å². The van der Waals surface area contributed by atoms with Crippen LogP contribution in [0.2, 0.25) is 0 Å². The van der Waals surface area contributed by atoms with Crippen LogP contribution in [0.15, 0.2) is 33.7 Å². The molecule has 92 valence electrons. The average Bonchev–Trinajstić information content (AvgIpc) is 2.87. The van der Waals surface area contributed by atoms with Crippen molar-refractivity contribution in [3.63, 3.8) is 0 Å². The predicted octanol–water partition coefficient (Wildman–Crippen LogP) is 3.02. The summed E-state index contributed by atoms with van der Waals surface area (Å²) in [7, 11) is 1.84. The molecule has 0 aliphatic heterocycles. The van der Waals surface area contributed by atoms with Crippen molar-refractivity contribution in [1.29, 1.82) is 0 Å². The fraction of sp³-hybridized carbons (Fsp3) is 0.231. The Morgan fingerprint density at radius 2 is 2.28 bits per heavy atom. The summed E-state index contributed by atoms with van der Waals surface area (Å²) in [6.07, 6.45) is 1.42. The Morgan fingerprint density at radius 1 is 1.44 bits per heavy atom. The first-order valence-corrected chi connectivity index (χ1v) is 5.79. The van der Waals surface area contributed by atoms with Gasteiger partial charge in [-0.2, -0.15) is 10.1 Å². The molecule has 2 aromatic heterocycles. The SMILES string of the molecule is CCO/C=N\c1c2oc3ccccc3c2nn1C. The van der Waals surface area contributed by atoms with Crippen molar-refractivity contribution < 1.29 is 9.15 Å². The van der Waals surface area contributed by atoms with Crippen LogP contribution in [-0.4, -0.2) is 22.8 Å². The van der Waals surface area contributed by atoms with E-state index in [4.69, 9.17) is 9.15 Å². The zero-order valence-electron chi connectivity index (χ0n) is 10.3. The summed E-state index contributed by atoms with van der Waals surface area (Å²) in [4.78, 5) is 4.24. The van der Waals surface area contributed by atoms with Gasteiger partial charge >= 0.3 is 0 Å². The van der Waals surface area contributed by atoms with E-state index in [9.17, 15) is 0 Å². The summed E-state index contributed by atoms with van der Waals surface area (Å²) in [5.41, 5.74) is 2.34. The minimum atomic E-state index is 0.588. The third-order valence-electron chi connectivity index (χ3n) is 2.75. The third-order valence-corrected chi connectivity index (χ3v) is 2.75. The van der Waals surface area contributed by atoms with E-state index in [0.29, 0.717) is 18.0 Å². The molecule has 5 nitrogen and oxygen atoms in total. The second kappa shape index (κ2) is 4.18. The summed E-state index contributed by atoms with van der Waals surface area (Å²) < 4.78 is 12.6. The van der Waals surface area contributed by atoms with Gasteiger partial charge in [0.1, 0.15) is 11.1 Å². The van der Waals surface area contributed by atoms with E-state index in [2.05, 4.69) is 10.1 Å². The number of ether oxygens (including phenoxy) is 1. The maximum Gasteiger partial charge on any atom is 0.199 e. The van der Waals surface area contributed by atoms with Crippen molar-refractivity contribution in [1.82, 2.24) is 9.78 Å². The number of hydrogen-bond donors (Lipinski definition) is 0. The number of hydrogen-bond acceptors (Lipinski definition) is 4. The fourth-order valence-corrected chi connectivity index (χ4v) is 1.93. The molecule has 5 heteroatoms. The number of aliphatic imine (C=N–C) groups is 1. The molecule has 0 saturated carbocycles. The van der Waals surface area contributed by atoms with E-state index in [1.807, 2.05) is 38.2 Å². The summed E-state index contributed by atoms with van der Waals surface area (Å²) in [6, 6.07) is 7.82. The summed E-state index contributed by atoms with van der Waals surface area (Å²) in [5, 5.41) is 5.43. The van der Waals surface area contributed by atoms with Gasteiger partial charge in [0.05, 0.1) is 6.61 Å². The Morgan fingerprint density at radius 3 is 3.11 bits per heavy atom. The van der Waals surface area contributed by atoms with Crippen LogP contribution < -0.4 is 0 Å². The second-order valence-corrected chi connectivity index (χ2v) is 3.91. The van der Waals surface area contributed by atoms with Crippen LogP contribution in [-0.2, 0) is 11.8 Å². The van der Waals surface area contributed by atoms with Crippen LogP contribution in [0.3, 0.4) is 0 Å². The van der Waals surface area contributed by atoms with Gasteiger partial charge in [0, 0.05) is 12.4 Å². The quantitative estimate of drug-likeness (QED) is 0.525. The molecule has 18 heavy (non-hydrogen) atoms. The predicted molar refractivity (Wildman–Crippen MR) is 70.3 cm³/mol. The smallest absolute Gasteiger partial charge is 0.199 e. The van der Waals surface area contributed by atoms with Crippen molar-refractivity contribution in [3.8, 4) is 0 Å². The molecule has 0 unspecified atom stereocenters. The first-order chi connectivity index (χ1) is 8.81. The lowest BCUT2D eigenvalue weighted by molar-refractivity contribution is 0.343. The molecule has 0 fully saturated rings. The Bertz CT molecular complexity index is 724. The van der Waals surface area contributed by atoms with Gasteiger partial charge in [0.2, 0.25) is 0 Å². The van der Waals surface area contributed by atoms with E-state index in [1.54, 1.807) is 4.68 Å². The van der Waals surface area contributed by atoms with Gasteiger partial charge in [-0.1, -0.05) is 12.1 Å². The lowest BCUT2D eigenvalue weighted by Gasteiger charge is -1.95. The Labute approximate surface area is 104 Å². The van der Waals surface area contributed by atoms with E-state index in [-0.39, 0.29) is 0 Å². The topological polar surface area (TPSA) is 52.6 Å². The van der Waals surface area contributed by atoms with Gasteiger partial charge in [-0.3, -0.25) is 0 Å². The number of rotatable bonds is 3. The highest BCUT2D eigenvalue weighted by Crippen LogP contribution is 2.33. The van der Waals surface area contributed by atoms with Crippen molar-refractivity contribution >= 4 is 34.3 Å². The highest BCUT2D eigenvalue weighted by molar-refractivity contribution is 6.05. The Balaban J connectivity index is 2.21. The van der Waals surface area contributed by atoms with E-state index >= 15 is 0 Å². The van der Waals surface area contributed by atoms with Gasteiger partial charge in [-0.05, 0) is 19.1 Å². The van der Waals surface area contributed by atoms with Gasteiger partial charge in [-0.25, -0.2) is 4.68 Å². The number of aryl methyl sites for hydroxylation is 1. The molecule has 3 rings (SSSR count). The van der Waals surface area contributed by atoms with Crippen LogP contribution in [0.25, 0.3) is 22.1 Å². The molecular formula is C13H13N3O2. The monoisotopic (exact) mass is 243 g/mol. The molecule has 0 aliphatic carbocycles. The molecule has 0 radical (unpaired) electrons. The first-order valence-electron chi connectivity index (χ1n) is 5.79. The van der Waals surface area contributed by atoms with Crippen LogP contribution >= 0.6 is 0 Å². The van der Waals surface area contributed by atoms with E-state index in [0.717, 1.165) is 16.5 Å². The number of fused-ring (bicyclic) bond motifs is 3. The Kier molecular flexibility index (Phi) is 2.51. The van der Waals surface area contributed by atoms with Crippen LogP contribution in [0, 0.1) is 0 Å². The van der Waals surface area contributed by atoms with Crippen LogP contribution in [0.4, 0.5) is 5.82 Å². The molecule has 0 atom stereocenters. The first kappa shape index (κ1) is 10.8. The maximum absolute atomic E-state index is 5.78. The molecule has 3 aromatic rings. The van der Waals surface area contributed by atoms with E-state index < -0.39 is 0 Å². The number of aromatic nitrogens is 2. The lowest BCUT2D eigenvalue weighted by atomic mass is 10.2.